The quantitative estimate of drug-likeness (QED) is 0.630. The van der Waals surface area contributed by atoms with Crippen LogP contribution < -0.4 is 10.6 Å². The van der Waals surface area contributed by atoms with Gasteiger partial charge in [0.15, 0.2) is 0 Å². The Balaban J connectivity index is 2.27. The number of aliphatic hydroxyl groups excluding tert-OH is 1. The fraction of sp³-hybridized carbons (Fsp3) is 0.867. The lowest BCUT2D eigenvalue weighted by atomic mass is 9.96. The van der Waals surface area contributed by atoms with Crippen LogP contribution in [-0.4, -0.2) is 54.2 Å². The number of nitrogens with zero attached hydrogens (tertiary/aromatic N) is 1. The lowest BCUT2D eigenvalue weighted by Gasteiger charge is -2.23. The molecule has 1 aliphatic carbocycles. The first-order valence-corrected chi connectivity index (χ1v) is 8.09. The van der Waals surface area contributed by atoms with Crippen molar-refractivity contribution in [2.45, 2.75) is 57.9 Å². The molecule has 0 spiro atoms. The molecule has 122 valence electrons. The monoisotopic (exact) mass is 299 g/mol. The van der Waals surface area contributed by atoms with Crippen molar-refractivity contribution in [2.75, 3.05) is 26.2 Å². The molecule has 1 rings (SSSR count). The van der Waals surface area contributed by atoms with E-state index in [9.17, 15) is 9.59 Å². The van der Waals surface area contributed by atoms with Gasteiger partial charge in [0.25, 0.3) is 0 Å². The number of unbranched alkanes of at least 4 members (excludes halogenated alkanes) is 1. The highest BCUT2D eigenvalue weighted by Crippen LogP contribution is 2.17. The van der Waals surface area contributed by atoms with Gasteiger partial charge < -0.3 is 10.4 Å². The highest BCUT2D eigenvalue weighted by molar-refractivity contribution is 5.95. The van der Waals surface area contributed by atoms with Crippen molar-refractivity contribution in [3.63, 3.8) is 0 Å². The van der Waals surface area contributed by atoms with Crippen LogP contribution in [0.15, 0.2) is 0 Å². The molecule has 0 aromatic rings. The largest absolute Gasteiger partial charge is 0.395 e. The Kier molecular flexibility index (Phi) is 9.01. The number of nitrogens with one attached hydrogen (secondary N) is 2. The Morgan fingerprint density at radius 1 is 1.19 bits per heavy atom. The SMILES string of the molecule is CCCCN(CCO)CC(=O)NC(=O)NC1CCCCC1. The fourth-order valence-electron chi connectivity index (χ4n) is 2.63. The third kappa shape index (κ3) is 8.02. The molecule has 0 bridgehead atoms. The van der Waals surface area contributed by atoms with Gasteiger partial charge in [0.2, 0.25) is 5.91 Å². The molecule has 0 aromatic heterocycles. The van der Waals surface area contributed by atoms with Gasteiger partial charge in [-0.2, -0.15) is 0 Å². The van der Waals surface area contributed by atoms with Gasteiger partial charge >= 0.3 is 6.03 Å². The maximum Gasteiger partial charge on any atom is 0.321 e. The maximum atomic E-state index is 11.8. The number of rotatable bonds is 8. The summed E-state index contributed by atoms with van der Waals surface area (Å²) in [7, 11) is 0. The Labute approximate surface area is 127 Å². The predicted octanol–water partition coefficient (Wildman–Crippen LogP) is 1.24. The van der Waals surface area contributed by atoms with E-state index in [1.165, 1.54) is 6.42 Å². The zero-order valence-electron chi connectivity index (χ0n) is 13.1. The van der Waals surface area contributed by atoms with Gasteiger partial charge in [0.05, 0.1) is 13.2 Å². The molecule has 3 amide bonds. The first-order chi connectivity index (χ1) is 10.2. The third-order valence-electron chi connectivity index (χ3n) is 3.80. The van der Waals surface area contributed by atoms with E-state index in [1.54, 1.807) is 0 Å². The van der Waals surface area contributed by atoms with Crippen LogP contribution in [0.3, 0.4) is 0 Å². The molecule has 6 nitrogen and oxygen atoms in total. The molecule has 0 aliphatic heterocycles. The third-order valence-corrected chi connectivity index (χ3v) is 3.80. The molecule has 21 heavy (non-hydrogen) atoms. The van der Waals surface area contributed by atoms with Crippen molar-refractivity contribution in [2.24, 2.45) is 0 Å². The zero-order valence-corrected chi connectivity index (χ0v) is 13.1. The van der Waals surface area contributed by atoms with Crippen molar-refractivity contribution < 1.29 is 14.7 Å². The molecule has 0 heterocycles. The van der Waals surface area contributed by atoms with E-state index in [2.05, 4.69) is 17.6 Å². The Morgan fingerprint density at radius 3 is 2.52 bits per heavy atom. The highest BCUT2D eigenvalue weighted by Gasteiger charge is 2.17. The van der Waals surface area contributed by atoms with Crippen LogP contribution in [0, 0.1) is 0 Å². The average Bonchev–Trinajstić information content (AvgIpc) is 2.45. The number of urea groups is 1. The van der Waals surface area contributed by atoms with E-state index >= 15 is 0 Å². The van der Waals surface area contributed by atoms with Crippen molar-refractivity contribution in [1.29, 1.82) is 0 Å². The van der Waals surface area contributed by atoms with Crippen LogP contribution in [0.1, 0.15) is 51.9 Å². The Morgan fingerprint density at radius 2 is 1.90 bits per heavy atom. The molecular formula is C15H29N3O3. The van der Waals surface area contributed by atoms with Gasteiger partial charge in [-0.05, 0) is 25.8 Å². The molecule has 1 saturated carbocycles. The fourth-order valence-corrected chi connectivity index (χ4v) is 2.63. The first kappa shape index (κ1) is 17.9. The van der Waals surface area contributed by atoms with Crippen molar-refractivity contribution >= 4 is 11.9 Å². The van der Waals surface area contributed by atoms with E-state index < -0.39 is 6.03 Å². The summed E-state index contributed by atoms with van der Waals surface area (Å²) in [6.45, 7) is 3.46. The minimum atomic E-state index is -0.397. The topological polar surface area (TPSA) is 81.7 Å². The normalized spacial score (nSPS) is 16.0. The van der Waals surface area contributed by atoms with Crippen molar-refractivity contribution in [3.05, 3.63) is 0 Å². The Bertz CT molecular complexity index is 317. The number of hydrogen-bond acceptors (Lipinski definition) is 4. The second kappa shape index (κ2) is 10.6. The van der Waals surface area contributed by atoms with E-state index in [-0.39, 0.29) is 25.1 Å². The standard InChI is InChI=1S/C15H29N3O3/c1-2-3-9-18(10-11-19)12-14(20)17-15(21)16-13-7-5-4-6-8-13/h13,19H,2-12H2,1H3,(H2,16,17,20,21). The molecule has 1 fully saturated rings. The smallest absolute Gasteiger partial charge is 0.321 e. The van der Waals surface area contributed by atoms with Crippen LogP contribution in [0.5, 0.6) is 0 Å². The van der Waals surface area contributed by atoms with E-state index in [1.807, 2.05) is 4.90 Å². The van der Waals surface area contributed by atoms with Crippen LogP contribution >= 0.6 is 0 Å². The summed E-state index contributed by atoms with van der Waals surface area (Å²) in [5.41, 5.74) is 0. The lowest BCUT2D eigenvalue weighted by Crippen LogP contribution is -2.48. The summed E-state index contributed by atoms with van der Waals surface area (Å²) in [5, 5.41) is 14.2. The highest BCUT2D eigenvalue weighted by atomic mass is 16.3. The summed E-state index contributed by atoms with van der Waals surface area (Å²) in [5.74, 6) is -0.312. The number of carbonyl (C=O) groups excluding carboxylic acids is 2. The number of hydrogen-bond donors (Lipinski definition) is 3. The van der Waals surface area contributed by atoms with Crippen LogP contribution in [0.2, 0.25) is 0 Å². The molecular weight excluding hydrogens is 270 g/mol. The summed E-state index contributed by atoms with van der Waals surface area (Å²) in [6, 6.07) is -0.202. The van der Waals surface area contributed by atoms with Gasteiger partial charge in [0, 0.05) is 12.6 Å². The Hall–Kier alpha value is -1.14. The van der Waals surface area contributed by atoms with Gasteiger partial charge in [0.1, 0.15) is 0 Å². The molecule has 0 aromatic carbocycles. The summed E-state index contributed by atoms with van der Waals surface area (Å²) in [6.07, 6.45) is 7.50. The molecule has 1 aliphatic rings. The molecule has 6 heteroatoms. The number of imide groups is 1. The van der Waals surface area contributed by atoms with Gasteiger partial charge in [-0.3, -0.25) is 15.0 Å². The van der Waals surface area contributed by atoms with E-state index in [0.29, 0.717) is 6.54 Å². The van der Waals surface area contributed by atoms with Gasteiger partial charge in [-0.1, -0.05) is 32.6 Å². The minimum Gasteiger partial charge on any atom is -0.395 e. The molecule has 3 N–H and O–H groups in total. The lowest BCUT2D eigenvalue weighted by molar-refractivity contribution is -0.121. The number of aliphatic hydroxyl groups is 1. The number of carbonyl (C=O) groups is 2. The van der Waals surface area contributed by atoms with Crippen LogP contribution in [-0.2, 0) is 4.79 Å². The molecule has 0 radical (unpaired) electrons. The molecule has 0 unspecified atom stereocenters. The maximum absolute atomic E-state index is 11.8. The molecule has 0 saturated heterocycles. The molecule has 0 atom stereocenters. The van der Waals surface area contributed by atoms with E-state index in [4.69, 9.17) is 5.11 Å². The summed E-state index contributed by atoms with van der Waals surface area (Å²) in [4.78, 5) is 25.5. The second-order valence-electron chi connectivity index (χ2n) is 5.71. The van der Waals surface area contributed by atoms with Gasteiger partial charge in [-0.15, -0.1) is 0 Å². The second-order valence-corrected chi connectivity index (χ2v) is 5.71. The van der Waals surface area contributed by atoms with Crippen LogP contribution in [0.25, 0.3) is 0 Å². The van der Waals surface area contributed by atoms with Crippen molar-refractivity contribution in [1.82, 2.24) is 15.5 Å². The first-order valence-electron chi connectivity index (χ1n) is 8.09. The average molecular weight is 299 g/mol. The number of amides is 3. The van der Waals surface area contributed by atoms with Gasteiger partial charge in [-0.25, -0.2) is 4.79 Å². The zero-order chi connectivity index (χ0) is 15.5. The minimum absolute atomic E-state index is 0.0191. The van der Waals surface area contributed by atoms with E-state index in [0.717, 1.165) is 45.1 Å². The predicted molar refractivity (Wildman–Crippen MR) is 82.0 cm³/mol. The summed E-state index contributed by atoms with van der Waals surface area (Å²) < 4.78 is 0. The van der Waals surface area contributed by atoms with Crippen LogP contribution in [0.4, 0.5) is 4.79 Å². The van der Waals surface area contributed by atoms with Crippen molar-refractivity contribution in [3.8, 4) is 0 Å². The summed E-state index contributed by atoms with van der Waals surface area (Å²) >= 11 is 0.